The predicted octanol–water partition coefficient (Wildman–Crippen LogP) is 2.73. The summed E-state index contributed by atoms with van der Waals surface area (Å²) in [7, 11) is 0. The minimum Gasteiger partial charge on any atom is -0.366 e. The van der Waals surface area contributed by atoms with Gasteiger partial charge in [0, 0.05) is 11.8 Å². The largest absolute Gasteiger partial charge is 0.366 e. The van der Waals surface area contributed by atoms with Crippen LogP contribution in [0.1, 0.15) is 11.1 Å². The lowest BCUT2D eigenvalue weighted by Crippen LogP contribution is -2.15. The summed E-state index contributed by atoms with van der Waals surface area (Å²) >= 11 is 0. The van der Waals surface area contributed by atoms with Crippen LogP contribution >= 0.6 is 0 Å². The number of hydrogen-bond donors (Lipinski definition) is 2. The number of amides is 1. The molecule has 0 atom stereocenters. The number of allylic oxidation sites excluding steroid dienone is 1. The third-order valence-electron chi connectivity index (χ3n) is 2.81. The molecule has 0 aromatic heterocycles. The molecule has 94 valence electrons. The van der Waals surface area contributed by atoms with Crippen molar-refractivity contribution in [3.8, 4) is 0 Å². The lowest BCUT2D eigenvalue weighted by molar-refractivity contribution is -0.112. The van der Waals surface area contributed by atoms with Crippen LogP contribution in [0.25, 0.3) is 11.1 Å². The maximum Gasteiger partial charge on any atom is 0.249 e. The minimum atomic E-state index is -0.534. The summed E-state index contributed by atoms with van der Waals surface area (Å²) in [5, 5.41) is 7.58. The van der Waals surface area contributed by atoms with E-state index in [1.54, 1.807) is 0 Å². The second-order valence-electron chi connectivity index (χ2n) is 4.03. The molecule has 0 heterocycles. The van der Waals surface area contributed by atoms with Crippen molar-refractivity contribution in [1.82, 2.24) is 0 Å². The summed E-state index contributed by atoms with van der Waals surface area (Å²) in [4.78, 5) is 11.7. The molecular weight excluding hydrogens is 236 g/mol. The highest BCUT2D eigenvalue weighted by molar-refractivity contribution is 6.35. The quantitative estimate of drug-likeness (QED) is 0.489. The van der Waals surface area contributed by atoms with Crippen molar-refractivity contribution in [1.29, 1.82) is 5.41 Å². The van der Waals surface area contributed by atoms with E-state index >= 15 is 0 Å². The molecule has 0 aliphatic heterocycles. The lowest BCUT2D eigenvalue weighted by atomic mass is 9.95. The Labute approximate surface area is 111 Å². The molecule has 2 rings (SSSR count). The molecule has 0 saturated carbocycles. The molecule has 0 radical (unpaired) electrons. The lowest BCUT2D eigenvalue weighted by Gasteiger charge is -2.09. The van der Waals surface area contributed by atoms with Gasteiger partial charge in [0.25, 0.3) is 0 Å². The van der Waals surface area contributed by atoms with Gasteiger partial charge in [-0.25, -0.2) is 0 Å². The molecule has 0 aliphatic carbocycles. The van der Waals surface area contributed by atoms with Gasteiger partial charge in [-0.15, -0.1) is 0 Å². The Kier molecular flexibility index (Phi) is 3.88. The van der Waals surface area contributed by atoms with Crippen molar-refractivity contribution in [2.75, 3.05) is 0 Å². The van der Waals surface area contributed by atoms with Gasteiger partial charge in [0.15, 0.2) is 0 Å². The van der Waals surface area contributed by atoms with E-state index < -0.39 is 5.91 Å². The average Bonchev–Trinajstić information content (AvgIpc) is 2.46. The summed E-state index contributed by atoms with van der Waals surface area (Å²) < 4.78 is 0. The van der Waals surface area contributed by atoms with E-state index in [4.69, 9.17) is 11.1 Å². The number of rotatable bonds is 4. The summed E-state index contributed by atoms with van der Waals surface area (Å²) in [5.41, 5.74) is 7.89. The second-order valence-corrected chi connectivity index (χ2v) is 4.03. The van der Waals surface area contributed by atoms with Gasteiger partial charge in [0.1, 0.15) is 0 Å². The minimum absolute atomic E-state index is 0.363. The molecule has 3 nitrogen and oxygen atoms in total. The number of carbonyl (C=O) groups is 1. The smallest absolute Gasteiger partial charge is 0.249 e. The SMILES string of the molecule is N=C/C(=C(\C(N)=O)c1ccccc1)c1ccccc1. The van der Waals surface area contributed by atoms with Crippen LogP contribution < -0.4 is 5.73 Å². The van der Waals surface area contributed by atoms with E-state index in [-0.39, 0.29) is 0 Å². The maximum absolute atomic E-state index is 11.7. The highest BCUT2D eigenvalue weighted by Crippen LogP contribution is 2.24. The van der Waals surface area contributed by atoms with E-state index in [0.717, 1.165) is 11.1 Å². The molecule has 0 bridgehead atoms. The fourth-order valence-corrected chi connectivity index (χ4v) is 1.95. The van der Waals surface area contributed by atoms with Gasteiger partial charge in [-0.2, -0.15) is 0 Å². The first-order valence-electron chi connectivity index (χ1n) is 5.89. The zero-order chi connectivity index (χ0) is 13.7. The summed E-state index contributed by atoms with van der Waals surface area (Å²) in [6, 6.07) is 18.5. The van der Waals surface area contributed by atoms with E-state index in [9.17, 15) is 4.79 Å². The number of hydrogen-bond acceptors (Lipinski definition) is 2. The molecule has 3 heteroatoms. The average molecular weight is 250 g/mol. The number of primary amides is 1. The van der Waals surface area contributed by atoms with Gasteiger partial charge >= 0.3 is 0 Å². The van der Waals surface area contributed by atoms with Crippen LogP contribution in [0.2, 0.25) is 0 Å². The highest BCUT2D eigenvalue weighted by atomic mass is 16.1. The van der Waals surface area contributed by atoms with Crippen molar-refractivity contribution in [3.05, 3.63) is 71.8 Å². The fraction of sp³-hybridized carbons (Fsp3) is 0. The van der Waals surface area contributed by atoms with Gasteiger partial charge in [-0.3, -0.25) is 4.79 Å². The Bertz CT molecular complexity index is 616. The van der Waals surface area contributed by atoms with Crippen LogP contribution in [0.15, 0.2) is 60.7 Å². The van der Waals surface area contributed by atoms with Gasteiger partial charge in [-0.05, 0) is 11.1 Å². The topological polar surface area (TPSA) is 66.9 Å². The molecule has 2 aromatic rings. The fourth-order valence-electron chi connectivity index (χ4n) is 1.95. The first-order chi connectivity index (χ1) is 9.24. The zero-order valence-electron chi connectivity index (χ0n) is 10.3. The first-order valence-corrected chi connectivity index (χ1v) is 5.89. The van der Waals surface area contributed by atoms with Crippen LogP contribution in [-0.2, 0) is 4.79 Å². The van der Waals surface area contributed by atoms with E-state index in [1.165, 1.54) is 6.21 Å². The van der Waals surface area contributed by atoms with Crippen LogP contribution in [-0.4, -0.2) is 12.1 Å². The number of nitrogens with two attached hydrogens (primary N) is 1. The maximum atomic E-state index is 11.7. The monoisotopic (exact) mass is 250 g/mol. The van der Waals surface area contributed by atoms with Crippen molar-refractivity contribution in [2.45, 2.75) is 0 Å². The highest BCUT2D eigenvalue weighted by Gasteiger charge is 2.14. The number of benzene rings is 2. The van der Waals surface area contributed by atoms with E-state index in [0.29, 0.717) is 11.1 Å². The molecule has 0 unspecified atom stereocenters. The Morgan fingerprint density at radius 2 is 1.37 bits per heavy atom. The Morgan fingerprint density at radius 1 is 0.895 bits per heavy atom. The van der Waals surface area contributed by atoms with Gasteiger partial charge < -0.3 is 11.1 Å². The van der Waals surface area contributed by atoms with Gasteiger partial charge in [0.05, 0.1) is 5.57 Å². The molecule has 2 aromatic carbocycles. The van der Waals surface area contributed by atoms with Crippen molar-refractivity contribution in [3.63, 3.8) is 0 Å². The molecule has 19 heavy (non-hydrogen) atoms. The summed E-state index contributed by atoms with van der Waals surface area (Å²) in [6.45, 7) is 0. The molecule has 0 aliphatic rings. The van der Waals surface area contributed by atoms with E-state index in [1.807, 2.05) is 60.7 Å². The standard InChI is InChI=1S/C16H14N2O/c17-11-14(12-7-3-1-4-8-12)15(16(18)19)13-9-5-2-6-10-13/h1-11,17H,(H2,18,19)/b15-14+,17-11?. The molecule has 1 amide bonds. The van der Waals surface area contributed by atoms with Crippen LogP contribution in [0.3, 0.4) is 0 Å². The summed E-state index contributed by atoms with van der Waals surface area (Å²) in [6.07, 6.45) is 1.17. The van der Waals surface area contributed by atoms with Crippen molar-refractivity contribution in [2.24, 2.45) is 5.73 Å². The van der Waals surface area contributed by atoms with Gasteiger partial charge in [-0.1, -0.05) is 60.7 Å². The predicted molar refractivity (Wildman–Crippen MR) is 77.7 cm³/mol. The Balaban J connectivity index is 2.67. The zero-order valence-corrected chi connectivity index (χ0v) is 10.3. The number of carbonyl (C=O) groups excluding carboxylic acids is 1. The van der Waals surface area contributed by atoms with Crippen LogP contribution in [0.4, 0.5) is 0 Å². The third-order valence-corrected chi connectivity index (χ3v) is 2.81. The van der Waals surface area contributed by atoms with Gasteiger partial charge in [0.2, 0.25) is 5.91 Å². The number of nitrogens with one attached hydrogen (secondary N) is 1. The van der Waals surface area contributed by atoms with E-state index in [2.05, 4.69) is 0 Å². The first kappa shape index (κ1) is 12.8. The molecule has 3 N–H and O–H groups in total. The van der Waals surface area contributed by atoms with Crippen molar-refractivity contribution >= 4 is 23.3 Å². The normalized spacial score (nSPS) is 11.6. The Morgan fingerprint density at radius 3 is 1.79 bits per heavy atom. The molecule has 0 spiro atoms. The Hall–Kier alpha value is -2.68. The van der Waals surface area contributed by atoms with Crippen LogP contribution in [0, 0.1) is 5.41 Å². The van der Waals surface area contributed by atoms with Crippen molar-refractivity contribution < 1.29 is 4.79 Å². The summed E-state index contributed by atoms with van der Waals surface area (Å²) in [5.74, 6) is -0.534. The molecule has 0 saturated heterocycles. The molecular formula is C16H14N2O. The third kappa shape index (κ3) is 2.77. The molecule has 0 fully saturated rings. The second kappa shape index (κ2) is 5.78. The van der Waals surface area contributed by atoms with Crippen LogP contribution in [0.5, 0.6) is 0 Å².